The minimum atomic E-state index is -1.17. The van der Waals surface area contributed by atoms with E-state index in [1.807, 2.05) is 0 Å². The number of hydrogen-bond acceptors (Lipinski definition) is 11. The minimum absolute atomic E-state index is 0.0578. The number of carbonyl (C=O) groups excluding carboxylic acids is 4. The summed E-state index contributed by atoms with van der Waals surface area (Å²) in [5, 5.41) is 4.99. The van der Waals surface area contributed by atoms with Crippen molar-refractivity contribution in [2.75, 3.05) is 39.5 Å². The lowest BCUT2D eigenvalue weighted by atomic mass is 10.2. The topological polar surface area (TPSA) is 156 Å². The van der Waals surface area contributed by atoms with Gasteiger partial charge in [-0.1, -0.05) is 25.3 Å². The first-order valence-electron chi connectivity index (χ1n) is 13.4. The molecule has 2 amide bonds. The Morgan fingerprint density at radius 2 is 1.50 bits per heavy atom. The van der Waals surface area contributed by atoms with Gasteiger partial charge >= 0.3 is 24.1 Å². The first-order chi connectivity index (χ1) is 20.9. The molecule has 0 aliphatic carbocycles. The van der Waals surface area contributed by atoms with Crippen molar-refractivity contribution in [1.29, 1.82) is 0 Å². The van der Waals surface area contributed by atoms with Gasteiger partial charge in [-0.3, -0.25) is 4.79 Å². The van der Waals surface area contributed by atoms with Crippen LogP contribution in [0, 0.1) is 5.82 Å². The Kier molecular flexibility index (Phi) is 14.0. The molecule has 2 N–H and O–H groups in total. The summed E-state index contributed by atoms with van der Waals surface area (Å²) in [5.41, 5.74) is -0.0968. The van der Waals surface area contributed by atoms with Crippen LogP contribution >= 0.6 is 11.3 Å². The summed E-state index contributed by atoms with van der Waals surface area (Å²) in [6.45, 7) is 12.1. The van der Waals surface area contributed by atoms with Crippen molar-refractivity contribution >= 4 is 57.7 Å². The van der Waals surface area contributed by atoms with Crippen molar-refractivity contribution in [3.8, 4) is 5.75 Å². The van der Waals surface area contributed by atoms with Gasteiger partial charge in [0.05, 0.1) is 23.2 Å². The molecule has 0 saturated heterocycles. The van der Waals surface area contributed by atoms with Crippen molar-refractivity contribution < 1.29 is 47.3 Å². The molecule has 12 nitrogen and oxygen atoms in total. The van der Waals surface area contributed by atoms with Crippen molar-refractivity contribution in [2.24, 2.45) is 0 Å². The van der Waals surface area contributed by atoms with E-state index in [1.165, 1.54) is 19.9 Å². The maximum absolute atomic E-state index is 14.7. The van der Waals surface area contributed by atoms with E-state index in [4.69, 9.17) is 23.7 Å². The van der Waals surface area contributed by atoms with E-state index < -0.39 is 48.1 Å². The van der Waals surface area contributed by atoms with Crippen LogP contribution < -0.4 is 30.6 Å². The number of fused-ring (bicyclic) bond motifs is 1. The summed E-state index contributed by atoms with van der Waals surface area (Å²) in [7, 11) is 0. The molecule has 238 valence electrons. The van der Waals surface area contributed by atoms with E-state index in [9.17, 15) is 28.4 Å². The molecule has 1 heterocycles. The summed E-state index contributed by atoms with van der Waals surface area (Å²) in [6.07, 6.45) is 0.340. The molecule has 0 saturated carbocycles. The Hall–Kier alpha value is -4.72. The van der Waals surface area contributed by atoms with E-state index >= 15 is 0 Å². The van der Waals surface area contributed by atoms with Crippen molar-refractivity contribution in [3.63, 3.8) is 0 Å². The highest BCUT2D eigenvalue weighted by atomic mass is 32.1. The van der Waals surface area contributed by atoms with Crippen LogP contribution in [0.15, 0.2) is 41.2 Å². The normalized spacial score (nSPS) is 12.2. The molecule has 1 aromatic heterocycles. The smallest absolute Gasteiger partial charge is 0.407 e. The molecule has 0 bridgehead atoms. The SMILES string of the molecule is C=C(C)C(=O)OCCNC(=O)OCC(COc1ccc(F)c2c(=O)c(=CC)c(=CC)sc12)OC(=O)NCCOC(=O)C(=C)C. The molecule has 0 aliphatic heterocycles. The number of amides is 2. The van der Waals surface area contributed by atoms with Crippen LogP contribution in [0.5, 0.6) is 5.75 Å². The van der Waals surface area contributed by atoms with E-state index in [-0.39, 0.29) is 59.9 Å². The average Bonchev–Trinajstić information content (AvgIpc) is 2.98. The zero-order valence-electron chi connectivity index (χ0n) is 24.9. The largest absolute Gasteiger partial charge is 0.488 e. The summed E-state index contributed by atoms with van der Waals surface area (Å²) < 4.78 is 41.7. The van der Waals surface area contributed by atoms with E-state index in [2.05, 4.69) is 23.8 Å². The predicted molar refractivity (Wildman–Crippen MR) is 162 cm³/mol. The second kappa shape index (κ2) is 17.4. The van der Waals surface area contributed by atoms with Crippen LogP contribution in [0.25, 0.3) is 22.2 Å². The quantitative estimate of drug-likeness (QED) is 0.137. The van der Waals surface area contributed by atoms with Crippen molar-refractivity contribution in [2.45, 2.75) is 33.8 Å². The summed E-state index contributed by atoms with van der Waals surface area (Å²) in [5.74, 6) is -1.80. The fourth-order valence-corrected chi connectivity index (χ4v) is 4.60. The van der Waals surface area contributed by atoms with E-state index in [0.717, 1.165) is 17.4 Å². The molecule has 0 radical (unpaired) electrons. The lowest BCUT2D eigenvalue weighted by molar-refractivity contribution is -0.139. The molecule has 0 fully saturated rings. The highest BCUT2D eigenvalue weighted by Crippen LogP contribution is 2.27. The van der Waals surface area contributed by atoms with Gasteiger partial charge in [0.15, 0.2) is 11.5 Å². The molecule has 0 aliphatic rings. The third-order valence-electron chi connectivity index (χ3n) is 5.58. The van der Waals surface area contributed by atoms with Gasteiger partial charge in [-0.2, -0.15) is 0 Å². The molecule has 2 aromatic rings. The zero-order valence-corrected chi connectivity index (χ0v) is 25.7. The number of ether oxygens (including phenoxy) is 5. The Morgan fingerprint density at radius 1 is 0.909 bits per heavy atom. The lowest BCUT2D eigenvalue weighted by Gasteiger charge is -2.19. The van der Waals surface area contributed by atoms with Gasteiger partial charge in [0.25, 0.3) is 0 Å². The highest BCUT2D eigenvalue weighted by molar-refractivity contribution is 7.16. The molecular formula is C30H35FN2O10S. The first-order valence-corrected chi connectivity index (χ1v) is 14.2. The number of benzene rings is 1. The number of carbonyl (C=O) groups is 4. The van der Waals surface area contributed by atoms with E-state index in [0.29, 0.717) is 9.75 Å². The van der Waals surface area contributed by atoms with Crippen molar-refractivity contribution in [3.05, 3.63) is 62.2 Å². The van der Waals surface area contributed by atoms with Crippen molar-refractivity contribution in [1.82, 2.24) is 10.6 Å². The Labute approximate surface area is 256 Å². The van der Waals surface area contributed by atoms with Gasteiger partial charge in [0.2, 0.25) is 0 Å². The van der Waals surface area contributed by atoms with E-state index in [1.54, 1.807) is 26.0 Å². The molecular weight excluding hydrogens is 599 g/mol. The third-order valence-corrected chi connectivity index (χ3v) is 6.86. The summed E-state index contributed by atoms with van der Waals surface area (Å²) in [6, 6.07) is 2.44. The van der Waals surface area contributed by atoms with Gasteiger partial charge in [-0.15, -0.1) is 11.3 Å². The minimum Gasteiger partial charge on any atom is -0.488 e. The summed E-state index contributed by atoms with van der Waals surface area (Å²) in [4.78, 5) is 60.5. The second-order valence-electron chi connectivity index (χ2n) is 9.16. The number of nitrogens with one attached hydrogen (secondary N) is 2. The number of halogens is 1. The van der Waals surface area contributed by atoms with Crippen LogP contribution in [0.2, 0.25) is 0 Å². The van der Waals surface area contributed by atoms with Gasteiger partial charge in [0, 0.05) is 20.9 Å². The summed E-state index contributed by atoms with van der Waals surface area (Å²) >= 11 is 1.15. The third kappa shape index (κ3) is 10.5. The van der Waals surface area contributed by atoms with Crippen LogP contribution in [-0.4, -0.2) is 69.7 Å². The maximum Gasteiger partial charge on any atom is 0.407 e. The molecule has 44 heavy (non-hydrogen) atoms. The monoisotopic (exact) mass is 634 g/mol. The highest BCUT2D eigenvalue weighted by Gasteiger charge is 2.20. The second-order valence-corrected chi connectivity index (χ2v) is 10.2. The number of alkyl carbamates (subject to hydrolysis) is 2. The molecule has 2 rings (SSSR count). The standard InChI is InChI=1S/C30H35FN2O10S/c1-7-20-23(8-2)44-26-22(10-9-21(31)24(26)25(20)34)41-15-19(43-30(38)33-12-14-40-28(36)18(5)6)16-42-29(37)32-11-13-39-27(35)17(3)4/h7-10,19H,3,5,11-16H2,1-2,4,6H3,(H,32,37)(H,33,38). The average molecular weight is 635 g/mol. The zero-order chi connectivity index (χ0) is 32.8. The Balaban J connectivity index is 2.15. The van der Waals surface area contributed by atoms with Crippen LogP contribution in [0.3, 0.4) is 0 Å². The number of hydrogen-bond donors (Lipinski definition) is 2. The van der Waals surface area contributed by atoms with Gasteiger partial charge < -0.3 is 34.3 Å². The van der Waals surface area contributed by atoms with Gasteiger partial charge in [-0.25, -0.2) is 23.6 Å². The van der Waals surface area contributed by atoms with Gasteiger partial charge in [0.1, 0.15) is 38.0 Å². The Morgan fingerprint density at radius 3 is 2.05 bits per heavy atom. The molecule has 1 unspecified atom stereocenters. The molecule has 1 atom stereocenters. The predicted octanol–water partition coefficient (Wildman–Crippen LogP) is 2.44. The fourth-order valence-electron chi connectivity index (χ4n) is 3.42. The Bertz CT molecular complexity index is 1600. The molecule has 1 aromatic carbocycles. The number of rotatable bonds is 14. The fraction of sp³-hybridized carbons (Fsp3) is 0.367. The number of esters is 2. The van der Waals surface area contributed by atoms with Crippen LogP contribution in [0.4, 0.5) is 14.0 Å². The van der Waals surface area contributed by atoms with Crippen LogP contribution in [-0.2, 0) is 28.5 Å². The lowest BCUT2D eigenvalue weighted by Crippen LogP contribution is -2.38. The maximum atomic E-state index is 14.7. The van der Waals surface area contributed by atoms with Gasteiger partial charge in [-0.05, 0) is 39.8 Å². The van der Waals surface area contributed by atoms with Crippen LogP contribution in [0.1, 0.15) is 27.7 Å². The molecule has 14 heteroatoms. The first kappa shape index (κ1) is 35.5. The molecule has 0 spiro atoms.